The molecule has 0 amide bonds. The number of nitrogens with zero attached hydrogens (tertiary/aromatic N) is 5. The maximum absolute atomic E-state index is 15.4. The number of pyridine rings is 1. The molecule has 4 aromatic rings. The number of aromatic amines is 2. The Morgan fingerprint density at radius 2 is 1.84 bits per heavy atom. The van der Waals surface area contributed by atoms with Gasteiger partial charge in [0.25, 0.3) is 0 Å². The van der Waals surface area contributed by atoms with Gasteiger partial charge in [0.1, 0.15) is 17.2 Å². The van der Waals surface area contributed by atoms with Crippen molar-refractivity contribution in [3.05, 3.63) is 78.8 Å². The van der Waals surface area contributed by atoms with Gasteiger partial charge in [-0.25, -0.2) is 9.37 Å². The van der Waals surface area contributed by atoms with Gasteiger partial charge in [0.05, 0.1) is 23.1 Å². The van der Waals surface area contributed by atoms with Crippen LogP contribution in [0.5, 0.6) is 0 Å². The molecule has 4 heterocycles. The Morgan fingerprint density at radius 1 is 1.12 bits per heavy atom. The van der Waals surface area contributed by atoms with E-state index in [1.165, 1.54) is 6.07 Å². The summed E-state index contributed by atoms with van der Waals surface area (Å²) in [5.74, 6) is 0.264. The average molecular weight is 585 g/mol. The smallest absolute Gasteiger partial charge is 0.159 e. The Balaban J connectivity index is 0.00000207. The Labute approximate surface area is 254 Å². The normalized spacial score (nSPS) is 14.4. The minimum absolute atomic E-state index is 0.0980. The van der Waals surface area contributed by atoms with Crippen LogP contribution in [0.2, 0.25) is 0 Å². The van der Waals surface area contributed by atoms with E-state index in [0.717, 1.165) is 66.5 Å². The lowest BCUT2D eigenvalue weighted by molar-refractivity contribution is 0.207. The molecule has 8 nitrogen and oxygen atoms in total. The van der Waals surface area contributed by atoms with Crippen molar-refractivity contribution in [3.8, 4) is 22.6 Å². The van der Waals surface area contributed by atoms with Gasteiger partial charge in [-0.3, -0.25) is 10.1 Å². The molecule has 1 aromatic carbocycles. The van der Waals surface area contributed by atoms with Gasteiger partial charge >= 0.3 is 0 Å². The van der Waals surface area contributed by atoms with Crippen molar-refractivity contribution >= 4 is 22.3 Å². The summed E-state index contributed by atoms with van der Waals surface area (Å²) in [6.45, 7) is 24.4. The summed E-state index contributed by atoms with van der Waals surface area (Å²) < 4.78 is 15.4. The van der Waals surface area contributed by atoms with E-state index < -0.39 is 0 Å². The van der Waals surface area contributed by atoms with E-state index >= 15 is 4.39 Å². The first-order valence-electron chi connectivity index (χ1n) is 14.9. The van der Waals surface area contributed by atoms with Crippen molar-refractivity contribution in [1.29, 1.82) is 0 Å². The van der Waals surface area contributed by atoms with Crippen LogP contribution in [0.1, 0.15) is 52.4 Å². The maximum atomic E-state index is 15.4. The van der Waals surface area contributed by atoms with E-state index in [9.17, 15) is 0 Å². The number of rotatable bonds is 8. The molecular weight excluding hydrogens is 539 g/mol. The number of imidazole rings is 1. The molecule has 43 heavy (non-hydrogen) atoms. The van der Waals surface area contributed by atoms with Crippen LogP contribution in [0.3, 0.4) is 0 Å². The van der Waals surface area contributed by atoms with Crippen molar-refractivity contribution in [2.24, 2.45) is 5.41 Å². The highest BCUT2D eigenvalue weighted by molar-refractivity contribution is 5.95. The zero-order valence-electron chi connectivity index (χ0n) is 26.6. The fourth-order valence-electron chi connectivity index (χ4n) is 5.30. The van der Waals surface area contributed by atoms with Crippen molar-refractivity contribution in [2.75, 3.05) is 38.5 Å². The van der Waals surface area contributed by atoms with E-state index in [2.05, 4.69) is 76.3 Å². The number of piperazine rings is 1. The number of nitrogens with one attached hydrogen (secondary N) is 3. The number of aromatic nitrogens is 5. The van der Waals surface area contributed by atoms with Crippen molar-refractivity contribution in [2.45, 2.75) is 48.0 Å². The minimum atomic E-state index is -0.359. The molecule has 1 aliphatic rings. The standard InChI is InChI=1S/C32H39FN8.C2H6/c1-8-9-28(41-12-10-40(7)11-13-41)29-21(3)36-31(37-29)30-25-15-24(26(33)16-27(25)38-39-30)22-14-23(19-34-18-22)35-20(2)17-32(4,5)6;1-2/h8-9,14-16,18-19,35H,1-2,10-13,17H2,3-7H3,(H,36,37)(H,38,39);1-2H3/b28-9+;. The average Bonchev–Trinajstić information content (AvgIpc) is 3.54. The van der Waals surface area contributed by atoms with E-state index in [1.54, 1.807) is 18.5 Å². The highest BCUT2D eigenvalue weighted by Gasteiger charge is 2.23. The fraction of sp³-hybridized carbons (Fsp3) is 0.382. The number of allylic oxidation sites excluding steroid dienone is 3. The molecule has 1 aliphatic heterocycles. The Bertz CT molecular complexity index is 1610. The van der Waals surface area contributed by atoms with Crippen LogP contribution in [0, 0.1) is 18.2 Å². The number of likely N-dealkylation sites (N-methyl/N-ethyl adjacent to an activating group) is 1. The lowest BCUT2D eigenvalue weighted by Crippen LogP contribution is -2.43. The van der Waals surface area contributed by atoms with Gasteiger partial charge in [-0.15, -0.1) is 0 Å². The SMILES string of the molecule is C=C/C=C(\c1nc(-c2n[nH]c3cc(F)c(-c4cncc(NC(=C)CC(C)(C)C)c4)cc23)[nH]c1C)N1CCN(C)CC1.CC. The molecule has 0 aliphatic carbocycles. The van der Waals surface area contributed by atoms with Crippen LogP contribution in [-0.4, -0.2) is 68.2 Å². The predicted molar refractivity (Wildman–Crippen MR) is 177 cm³/mol. The molecule has 1 saturated heterocycles. The summed E-state index contributed by atoms with van der Waals surface area (Å²) >= 11 is 0. The second-order valence-electron chi connectivity index (χ2n) is 12.0. The van der Waals surface area contributed by atoms with Crippen LogP contribution in [-0.2, 0) is 0 Å². The number of fused-ring (bicyclic) bond motifs is 1. The van der Waals surface area contributed by atoms with Crippen LogP contribution >= 0.6 is 0 Å². The second kappa shape index (κ2) is 13.4. The molecule has 0 radical (unpaired) electrons. The molecule has 9 heteroatoms. The lowest BCUT2D eigenvalue weighted by Gasteiger charge is -2.35. The molecule has 5 rings (SSSR count). The molecule has 3 aromatic heterocycles. The number of H-pyrrole nitrogens is 2. The van der Waals surface area contributed by atoms with Crippen molar-refractivity contribution in [3.63, 3.8) is 0 Å². The summed E-state index contributed by atoms with van der Waals surface area (Å²) in [7, 11) is 2.14. The van der Waals surface area contributed by atoms with Gasteiger partial charge in [0.2, 0.25) is 0 Å². The molecule has 0 saturated carbocycles. The Kier molecular flexibility index (Phi) is 9.86. The summed E-state index contributed by atoms with van der Waals surface area (Å²) in [5, 5.41) is 11.6. The van der Waals surface area contributed by atoms with Gasteiger partial charge < -0.3 is 20.1 Å². The maximum Gasteiger partial charge on any atom is 0.159 e. The Morgan fingerprint density at radius 3 is 2.51 bits per heavy atom. The van der Waals surface area contributed by atoms with Crippen molar-refractivity contribution in [1.82, 2.24) is 34.9 Å². The molecule has 0 unspecified atom stereocenters. The van der Waals surface area contributed by atoms with E-state index in [0.29, 0.717) is 28.2 Å². The topological polar surface area (TPSA) is 88.8 Å². The number of hydrogen-bond donors (Lipinski definition) is 3. The third kappa shape index (κ3) is 7.40. The second-order valence-corrected chi connectivity index (χ2v) is 12.0. The zero-order valence-corrected chi connectivity index (χ0v) is 26.6. The van der Waals surface area contributed by atoms with E-state index in [4.69, 9.17) is 4.98 Å². The molecule has 0 bridgehead atoms. The van der Waals surface area contributed by atoms with Crippen LogP contribution in [0.4, 0.5) is 10.1 Å². The van der Waals surface area contributed by atoms with Crippen molar-refractivity contribution < 1.29 is 4.39 Å². The van der Waals surface area contributed by atoms with Gasteiger partial charge in [-0.05, 0) is 44.0 Å². The lowest BCUT2D eigenvalue weighted by atomic mass is 9.91. The quantitative estimate of drug-likeness (QED) is 0.185. The summed E-state index contributed by atoms with van der Waals surface area (Å²) in [5.41, 5.74) is 6.90. The number of benzene rings is 1. The molecular formula is C34H45FN8. The molecule has 0 spiro atoms. The van der Waals surface area contributed by atoms with Gasteiger partial charge in [0.15, 0.2) is 5.82 Å². The Hall–Kier alpha value is -4.24. The summed E-state index contributed by atoms with van der Waals surface area (Å²) in [4.78, 5) is 17.4. The monoisotopic (exact) mass is 584 g/mol. The molecule has 1 fully saturated rings. The van der Waals surface area contributed by atoms with E-state index in [1.807, 2.05) is 39.0 Å². The number of hydrogen-bond acceptors (Lipinski definition) is 6. The third-order valence-corrected chi connectivity index (χ3v) is 7.24. The number of halogens is 1. The van der Waals surface area contributed by atoms with Gasteiger partial charge in [0, 0.05) is 66.3 Å². The number of aryl methyl sites for hydroxylation is 1. The first kappa shape index (κ1) is 31.7. The predicted octanol–water partition coefficient (Wildman–Crippen LogP) is 7.62. The summed E-state index contributed by atoms with van der Waals surface area (Å²) in [6.07, 6.45) is 8.01. The van der Waals surface area contributed by atoms with Crippen LogP contribution < -0.4 is 5.32 Å². The number of anilines is 1. The summed E-state index contributed by atoms with van der Waals surface area (Å²) in [6, 6.07) is 5.18. The molecule has 0 atom stereocenters. The molecule has 228 valence electrons. The largest absolute Gasteiger partial charge is 0.367 e. The van der Waals surface area contributed by atoms with Gasteiger partial charge in [-0.1, -0.05) is 53.9 Å². The highest BCUT2D eigenvalue weighted by atomic mass is 19.1. The van der Waals surface area contributed by atoms with E-state index in [-0.39, 0.29) is 11.2 Å². The molecule has 3 N–H and O–H groups in total. The van der Waals surface area contributed by atoms with Crippen LogP contribution in [0.15, 0.2) is 61.6 Å². The zero-order chi connectivity index (χ0) is 31.3. The third-order valence-electron chi connectivity index (χ3n) is 7.24. The van der Waals surface area contributed by atoms with Gasteiger partial charge in [-0.2, -0.15) is 5.10 Å². The van der Waals surface area contributed by atoms with Crippen LogP contribution in [0.25, 0.3) is 39.2 Å². The first-order chi connectivity index (χ1) is 20.5. The minimum Gasteiger partial charge on any atom is -0.367 e. The highest BCUT2D eigenvalue weighted by Crippen LogP contribution is 2.34. The first-order valence-corrected chi connectivity index (χ1v) is 14.9. The fourth-order valence-corrected chi connectivity index (χ4v) is 5.30.